The smallest absolute Gasteiger partial charge is 0.225 e. The van der Waals surface area contributed by atoms with Crippen LogP contribution in [0.1, 0.15) is 32.6 Å². The number of rotatable bonds is 6. The molecule has 0 saturated heterocycles. The van der Waals surface area contributed by atoms with Gasteiger partial charge in [0.25, 0.3) is 0 Å². The third kappa shape index (κ3) is 3.10. The van der Waals surface area contributed by atoms with E-state index in [2.05, 4.69) is 15.3 Å². The topological polar surface area (TPSA) is 73.1 Å². The summed E-state index contributed by atoms with van der Waals surface area (Å²) in [4.78, 5) is 8.51. The molecule has 1 aliphatic carbocycles. The van der Waals surface area contributed by atoms with Gasteiger partial charge in [-0.25, -0.2) is 4.98 Å². The normalized spacial score (nSPS) is 17.7. The van der Waals surface area contributed by atoms with E-state index in [-0.39, 0.29) is 5.41 Å². The summed E-state index contributed by atoms with van der Waals surface area (Å²) in [6, 6.07) is 1.77. The van der Waals surface area contributed by atoms with E-state index >= 15 is 0 Å². The fourth-order valence-corrected chi connectivity index (χ4v) is 2.50. The van der Waals surface area contributed by atoms with E-state index in [1.165, 1.54) is 25.7 Å². The number of nitrogens with one attached hydrogen (secondary N) is 1. The Bertz CT molecular complexity index is 377. The molecule has 5 nitrogen and oxygen atoms in total. The Morgan fingerprint density at radius 2 is 2.22 bits per heavy atom. The first-order valence-corrected chi connectivity index (χ1v) is 6.68. The van der Waals surface area contributed by atoms with Gasteiger partial charge in [0.1, 0.15) is 0 Å². The Labute approximate surface area is 108 Å². The first-order valence-electron chi connectivity index (χ1n) is 6.68. The van der Waals surface area contributed by atoms with Crippen LogP contribution < -0.4 is 15.8 Å². The lowest BCUT2D eigenvalue weighted by Crippen LogP contribution is -2.35. The first-order chi connectivity index (χ1) is 8.78. The maximum Gasteiger partial charge on any atom is 0.225 e. The Morgan fingerprint density at radius 3 is 2.89 bits per heavy atom. The summed E-state index contributed by atoms with van der Waals surface area (Å²) in [6.07, 6.45) is 6.66. The summed E-state index contributed by atoms with van der Waals surface area (Å²) in [6.45, 7) is 4.13. The number of nitrogens with zero attached hydrogens (tertiary/aromatic N) is 2. The summed E-state index contributed by atoms with van der Waals surface area (Å²) in [5.41, 5.74) is 6.13. The maximum atomic E-state index is 5.91. The largest absolute Gasteiger partial charge is 0.478 e. The molecule has 0 amide bonds. The molecule has 3 N–H and O–H groups in total. The van der Waals surface area contributed by atoms with Gasteiger partial charge in [0.2, 0.25) is 11.8 Å². The predicted molar refractivity (Wildman–Crippen MR) is 71.6 cm³/mol. The zero-order valence-electron chi connectivity index (χ0n) is 11.0. The van der Waals surface area contributed by atoms with Crippen molar-refractivity contribution in [3.8, 4) is 5.88 Å². The van der Waals surface area contributed by atoms with E-state index in [0.29, 0.717) is 18.4 Å². The highest BCUT2D eigenvalue weighted by Gasteiger charge is 2.32. The minimum Gasteiger partial charge on any atom is -0.478 e. The second-order valence-corrected chi connectivity index (χ2v) is 4.92. The number of anilines is 1. The van der Waals surface area contributed by atoms with Crippen molar-refractivity contribution in [3.63, 3.8) is 0 Å². The molecule has 2 rings (SSSR count). The Kier molecular flexibility index (Phi) is 4.36. The highest BCUT2D eigenvalue weighted by Crippen LogP contribution is 2.36. The number of hydrogen-bond acceptors (Lipinski definition) is 5. The molecule has 0 aromatic carbocycles. The van der Waals surface area contributed by atoms with E-state index in [4.69, 9.17) is 10.5 Å². The van der Waals surface area contributed by atoms with Crippen LogP contribution in [-0.2, 0) is 0 Å². The second kappa shape index (κ2) is 6.00. The van der Waals surface area contributed by atoms with Crippen LogP contribution in [0, 0.1) is 5.41 Å². The monoisotopic (exact) mass is 250 g/mol. The zero-order chi connectivity index (χ0) is 12.8. The summed E-state index contributed by atoms with van der Waals surface area (Å²) >= 11 is 0. The van der Waals surface area contributed by atoms with Crippen molar-refractivity contribution in [1.29, 1.82) is 0 Å². The van der Waals surface area contributed by atoms with E-state index in [1.807, 2.05) is 6.92 Å². The van der Waals surface area contributed by atoms with E-state index in [9.17, 15) is 0 Å². The van der Waals surface area contributed by atoms with E-state index in [0.717, 1.165) is 13.1 Å². The number of nitrogens with two attached hydrogens (primary N) is 1. The van der Waals surface area contributed by atoms with Gasteiger partial charge in [-0.3, -0.25) is 0 Å². The quantitative estimate of drug-likeness (QED) is 0.805. The molecular weight excluding hydrogens is 228 g/mol. The summed E-state index contributed by atoms with van der Waals surface area (Å²) in [5.74, 6) is 1.24. The summed E-state index contributed by atoms with van der Waals surface area (Å²) in [5, 5.41) is 3.29. The first kappa shape index (κ1) is 13.1. The molecule has 1 aliphatic rings. The van der Waals surface area contributed by atoms with Crippen molar-refractivity contribution in [2.45, 2.75) is 32.6 Å². The Balaban J connectivity index is 1.94. The summed E-state index contributed by atoms with van der Waals surface area (Å²) < 4.78 is 5.35. The van der Waals surface area contributed by atoms with Crippen molar-refractivity contribution in [2.75, 3.05) is 25.0 Å². The van der Waals surface area contributed by atoms with Crippen LogP contribution in [0.15, 0.2) is 12.3 Å². The minimum atomic E-state index is 0.227. The van der Waals surface area contributed by atoms with Gasteiger partial charge in [0.05, 0.1) is 6.61 Å². The molecule has 100 valence electrons. The predicted octanol–water partition coefficient (Wildman–Crippen LogP) is 1.81. The average molecular weight is 250 g/mol. The molecule has 5 heteroatoms. The van der Waals surface area contributed by atoms with Gasteiger partial charge < -0.3 is 15.8 Å². The Morgan fingerprint density at radius 1 is 1.44 bits per heavy atom. The van der Waals surface area contributed by atoms with Crippen molar-refractivity contribution in [1.82, 2.24) is 9.97 Å². The van der Waals surface area contributed by atoms with Gasteiger partial charge in [-0.15, -0.1) is 0 Å². The van der Waals surface area contributed by atoms with Gasteiger partial charge in [-0.2, -0.15) is 4.98 Å². The summed E-state index contributed by atoms with van der Waals surface area (Å²) in [7, 11) is 0. The van der Waals surface area contributed by atoms with Crippen molar-refractivity contribution < 1.29 is 4.74 Å². The van der Waals surface area contributed by atoms with Crippen molar-refractivity contribution >= 4 is 5.95 Å². The lowest BCUT2D eigenvalue weighted by molar-refractivity contribution is 0.323. The molecule has 0 unspecified atom stereocenters. The van der Waals surface area contributed by atoms with E-state index in [1.54, 1.807) is 12.3 Å². The molecule has 1 aromatic rings. The van der Waals surface area contributed by atoms with E-state index < -0.39 is 0 Å². The number of ether oxygens (including phenoxy) is 1. The van der Waals surface area contributed by atoms with Crippen molar-refractivity contribution in [2.24, 2.45) is 11.1 Å². The van der Waals surface area contributed by atoms with Gasteiger partial charge in [-0.05, 0) is 31.7 Å². The van der Waals surface area contributed by atoms with Crippen LogP contribution in [0.25, 0.3) is 0 Å². The molecule has 0 aliphatic heterocycles. The number of aromatic nitrogens is 2. The SMILES string of the molecule is CCOc1ccnc(NCC2(CN)CCCC2)n1. The molecule has 0 atom stereocenters. The average Bonchev–Trinajstić information content (AvgIpc) is 2.87. The molecule has 18 heavy (non-hydrogen) atoms. The van der Waals surface area contributed by atoms with Gasteiger partial charge in [0, 0.05) is 18.8 Å². The minimum absolute atomic E-state index is 0.227. The van der Waals surface area contributed by atoms with Crippen LogP contribution in [0.3, 0.4) is 0 Å². The lowest BCUT2D eigenvalue weighted by Gasteiger charge is -2.27. The van der Waals surface area contributed by atoms with Crippen molar-refractivity contribution in [3.05, 3.63) is 12.3 Å². The Hall–Kier alpha value is -1.36. The van der Waals surface area contributed by atoms with Crippen LogP contribution in [0.5, 0.6) is 5.88 Å². The lowest BCUT2D eigenvalue weighted by atomic mass is 9.86. The third-order valence-electron chi connectivity index (χ3n) is 3.64. The van der Waals surface area contributed by atoms with Crippen LogP contribution in [-0.4, -0.2) is 29.7 Å². The van der Waals surface area contributed by atoms with Crippen LogP contribution >= 0.6 is 0 Å². The molecule has 1 aromatic heterocycles. The molecule has 1 saturated carbocycles. The molecule has 0 bridgehead atoms. The second-order valence-electron chi connectivity index (χ2n) is 4.92. The molecule has 0 spiro atoms. The van der Waals surface area contributed by atoms with Gasteiger partial charge in [-0.1, -0.05) is 12.8 Å². The molecule has 1 heterocycles. The van der Waals surface area contributed by atoms with Crippen LogP contribution in [0.4, 0.5) is 5.95 Å². The fourth-order valence-electron chi connectivity index (χ4n) is 2.50. The molecule has 0 radical (unpaired) electrons. The molecular formula is C13H22N4O. The fraction of sp³-hybridized carbons (Fsp3) is 0.692. The van der Waals surface area contributed by atoms with Gasteiger partial charge >= 0.3 is 0 Å². The van der Waals surface area contributed by atoms with Gasteiger partial charge in [0.15, 0.2) is 0 Å². The zero-order valence-corrected chi connectivity index (χ0v) is 11.0. The number of hydrogen-bond donors (Lipinski definition) is 2. The maximum absolute atomic E-state index is 5.91. The highest BCUT2D eigenvalue weighted by atomic mass is 16.5. The molecule has 1 fully saturated rings. The third-order valence-corrected chi connectivity index (χ3v) is 3.64. The highest BCUT2D eigenvalue weighted by molar-refractivity contribution is 5.28. The standard InChI is InChI=1S/C13H22N4O/c1-2-18-11-5-8-15-12(17-11)16-10-13(9-14)6-3-4-7-13/h5,8H,2-4,6-7,9-10,14H2,1H3,(H,15,16,17). The van der Waals surface area contributed by atoms with Crippen LogP contribution in [0.2, 0.25) is 0 Å².